The van der Waals surface area contributed by atoms with Gasteiger partial charge in [-0.3, -0.25) is 0 Å². The Morgan fingerprint density at radius 3 is 2.40 bits per heavy atom. The number of nitrogens with one attached hydrogen (secondary N) is 1. The predicted molar refractivity (Wildman–Crippen MR) is 74.8 cm³/mol. The average molecular weight is 276 g/mol. The molecule has 0 saturated carbocycles. The van der Waals surface area contributed by atoms with E-state index in [1.54, 1.807) is 12.1 Å². The summed E-state index contributed by atoms with van der Waals surface area (Å²) in [5.41, 5.74) is -0.309. The molecule has 0 aliphatic rings. The first-order valence-electron chi connectivity index (χ1n) is 6.46. The Morgan fingerprint density at radius 2 is 2.00 bits per heavy atom. The lowest BCUT2D eigenvalue weighted by molar-refractivity contribution is -0.156. The van der Waals surface area contributed by atoms with E-state index in [0.717, 1.165) is 0 Å². The molecule has 0 amide bonds. The van der Waals surface area contributed by atoms with E-state index in [0.29, 0.717) is 5.82 Å². The van der Waals surface area contributed by atoms with Gasteiger partial charge in [-0.05, 0) is 38.8 Å². The molecule has 0 spiro atoms. The quantitative estimate of drug-likeness (QED) is 0.847. The van der Waals surface area contributed by atoms with Gasteiger partial charge in [-0.1, -0.05) is 13.8 Å². The Kier molecular flexibility index (Phi) is 5.03. The van der Waals surface area contributed by atoms with Crippen LogP contribution in [0.3, 0.4) is 0 Å². The first kappa shape index (κ1) is 15.9. The summed E-state index contributed by atoms with van der Waals surface area (Å²) in [7, 11) is 0. The third kappa shape index (κ3) is 4.84. The number of carbonyl (C=O) groups is 1. The van der Waals surface area contributed by atoms with Gasteiger partial charge in [0.15, 0.2) is 5.69 Å². The van der Waals surface area contributed by atoms with E-state index in [9.17, 15) is 4.79 Å². The molecule has 0 unspecified atom stereocenters. The minimum absolute atomic E-state index is 0.0299. The molecule has 1 atom stereocenters. The Bertz CT molecular complexity index is 497. The molecule has 0 bridgehead atoms. The highest BCUT2D eigenvalue weighted by Gasteiger charge is 2.28. The lowest BCUT2D eigenvalue weighted by atomic mass is 10.0. The molecule has 0 fully saturated rings. The molecule has 6 heteroatoms. The Balaban J connectivity index is 2.81. The number of nitrogens with zero attached hydrogens (tertiary/aromatic N) is 3. The van der Waals surface area contributed by atoms with Gasteiger partial charge in [0.05, 0.1) is 0 Å². The fourth-order valence-corrected chi connectivity index (χ4v) is 1.49. The molecule has 1 rings (SSSR count). The zero-order valence-electron chi connectivity index (χ0n) is 12.5. The largest absolute Gasteiger partial charge is 0.458 e. The molecule has 0 aliphatic carbocycles. The zero-order chi connectivity index (χ0) is 15.3. The summed E-state index contributed by atoms with van der Waals surface area (Å²) < 4.78 is 5.38. The number of rotatable bonds is 4. The number of nitriles is 1. The number of ether oxygens (including phenoxy) is 1. The van der Waals surface area contributed by atoms with Crippen molar-refractivity contribution < 1.29 is 9.53 Å². The van der Waals surface area contributed by atoms with Crippen LogP contribution >= 0.6 is 0 Å². The number of carbonyl (C=O) groups excluding carboxylic acids is 1. The minimum atomic E-state index is -0.539. The number of aromatic nitrogens is 2. The second-order valence-electron chi connectivity index (χ2n) is 5.82. The van der Waals surface area contributed by atoms with Crippen LogP contribution in [-0.2, 0) is 9.53 Å². The van der Waals surface area contributed by atoms with Crippen molar-refractivity contribution in [2.75, 3.05) is 5.32 Å². The Hall–Kier alpha value is -2.16. The van der Waals surface area contributed by atoms with Crippen LogP contribution in [0.15, 0.2) is 12.1 Å². The van der Waals surface area contributed by atoms with Gasteiger partial charge in [0, 0.05) is 0 Å². The zero-order valence-corrected chi connectivity index (χ0v) is 12.5. The summed E-state index contributed by atoms with van der Waals surface area (Å²) in [5.74, 6) is 0.134. The van der Waals surface area contributed by atoms with E-state index in [1.807, 2.05) is 40.7 Å². The highest BCUT2D eigenvalue weighted by atomic mass is 16.6. The lowest BCUT2D eigenvalue weighted by Gasteiger charge is -2.26. The van der Waals surface area contributed by atoms with E-state index in [4.69, 9.17) is 10.00 Å². The van der Waals surface area contributed by atoms with Gasteiger partial charge in [-0.2, -0.15) is 5.26 Å². The van der Waals surface area contributed by atoms with Crippen LogP contribution in [0.5, 0.6) is 0 Å². The van der Waals surface area contributed by atoms with Crippen molar-refractivity contribution in [2.45, 2.75) is 46.3 Å². The average Bonchev–Trinajstić information content (AvgIpc) is 2.34. The Labute approximate surface area is 119 Å². The third-order valence-corrected chi connectivity index (χ3v) is 2.41. The normalized spacial score (nSPS) is 12.7. The lowest BCUT2D eigenvalue weighted by Crippen LogP contribution is -2.40. The van der Waals surface area contributed by atoms with Gasteiger partial charge < -0.3 is 10.1 Å². The van der Waals surface area contributed by atoms with Gasteiger partial charge in [-0.15, -0.1) is 10.2 Å². The summed E-state index contributed by atoms with van der Waals surface area (Å²) in [4.78, 5) is 12.1. The molecular formula is C14H20N4O2. The maximum absolute atomic E-state index is 12.1. The van der Waals surface area contributed by atoms with Gasteiger partial charge in [0.25, 0.3) is 0 Å². The summed E-state index contributed by atoms with van der Waals surface area (Å²) in [6.45, 7) is 9.30. The maximum Gasteiger partial charge on any atom is 0.329 e. The number of hydrogen-bond acceptors (Lipinski definition) is 6. The van der Waals surface area contributed by atoms with Gasteiger partial charge in [-0.25, -0.2) is 4.79 Å². The van der Waals surface area contributed by atoms with Gasteiger partial charge >= 0.3 is 5.97 Å². The highest BCUT2D eigenvalue weighted by molar-refractivity contribution is 5.79. The number of esters is 1. The monoisotopic (exact) mass is 276 g/mol. The molecule has 0 aliphatic heterocycles. The summed E-state index contributed by atoms with van der Waals surface area (Å²) in [6, 6.07) is 4.53. The van der Waals surface area contributed by atoms with Gasteiger partial charge in [0.1, 0.15) is 23.5 Å². The van der Waals surface area contributed by atoms with Crippen LogP contribution in [0.25, 0.3) is 0 Å². The van der Waals surface area contributed by atoms with E-state index in [1.165, 1.54) is 0 Å². The smallest absolute Gasteiger partial charge is 0.329 e. The van der Waals surface area contributed by atoms with Crippen molar-refractivity contribution in [3.05, 3.63) is 17.8 Å². The Morgan fingerprint density at radius 1 is 1.35 bits per heavy atom. The van der Waals surface area contributed by atoms with E-state index >= 15 is 0 Å². The van der Waals surface area contributed by atoms with Crippen molar-refractivity contribution in [2.24, 2.45) is 5.92 Å². The number of anilines is 1. The molecule has 0 radical (unpaired) electrons. The van der Waals surface area contributed by atoms with Crippen molar-refractivity contribution in [1.29, 1.82) is 5.26 Å². The highest BCUT2D eigenvalue weighted by Crippen LogP contribution is 2.15. The van der Waals surface area contributed by atoms with E-state index in [2.05, 4.69) is 15.5 Å². The molecule has 0 saturated heterocycles. The van der Waals surface area contributed by atoms with Crippen LogP contribution in [-0.4, -0.2) is 27.8 Å². The van der Waals surface area contributed by atoms with Crippen LogP contribution < -0.4 is 5.32 Å². The SMILES string of the molecule is CC(C)[C@@H](Nc1ccc(C#N)nn1)C(=O)OC(C)(C)C. The molecule has 1 aromatic rings. The van der Waals surface area contributed by atoms with Gasteiger partial charge in [0.2, 0.25) is 0 Å². The fourth-order valence-electron chi connectivity index (χ4n) is 1.49. The van der Waals surface area contributed by atoms with Crippen molar-refractivity contribution in [3.8, 4) is 6.07 Å². The summed E-state index contributed by atoms with van der Waals surface area (Å²) >= 11 is 0. The summed E-state index contributed by atoms with van der Waals surface area (Å²) in [5, 5.41) is 19.2. The molecule has 0 aromatic carbocycles. The van der Waals surface area contributed by atoms with Crippen LogP contribution in [0, 0.1) is 17.2 Å². The topological polar surface area (TPSA) is 87.9 Å². The van der Waals surface area contributed by atoms with Crippen molar-refractivity contribution in [3.63, 3.8) is 0 Å². The third-order valence-electron chi connectivity index (χ3n) is 2.41. The molecule has 6 nitrogen and oxygen atoms in total. The van der Waals surface area contributed by atoms with Crippen LogP contribution in [0.1, 0.15) is 40.3 Å². The second kappa shape index (κ2) is 6.33. The molecule has 1 heterocycles. The molecule has 20 heavy (non-hydrogen) atoms. The molecular weight excluding hydrogens is 256 g/mol. The van der Waals surface area contributed by atoms with E-state index < -0.39 is 11.6 Å². The standard InChI is InChI=1S/C14H20N4O2/c1-9(2)12(13(19)20-14(3,4)5)16-11-7-6-10(8-15)17-18-11/h6-7,9,12H,1-5H3,(H,16,18)/t12-/m1/s1. The summed E-state index contributed by atoms with van der Waals surface area (Å²) in [6.07, 6.45) is 0. The second-order valence-corrected chi connectivity index (χ2v) is 5.82. The number of hydrogen-bond donors (Lipinski definition) is 1. The predicted octanol–water partition coefficient (Wildman–Crippen LogP) is 2.13. The maximum atomic E-state index is 12.1. The van der Waals surface area contributed by atoms with Crippen molar-refractivity contribution >= 4 is 11.8 Å². The van der Waals surface area contributed by atoms with Crippen molar-refractivity contribution in [1.82, 2.24) is 10.2 Å². The molecule has 108 valence electrons. The van der Waals surface area contributed by atoms with E-state index in [-0.39, 0.29) is 17.6 Å². The van der Waals surface area contributed by atoms with Crippen LogP contribution in [0.4, 0.5) is 5.82 Å². The molecule has 1 N–H and O–H groups in total. The fraction of sp³-hybridized carbons (Fsp3) is 0.571. The molecule has 1 aromatic heterocycles. The first-order chi connectivity index (χ1) is 9.23. The first-order valence-corrected chi connectivity index (χ1v) is 6.46. The minimum Gasteiger partial charge on any atom is -0.458 e. The van der Waals surface area contributed by atoms with Crippen LogP contribution in [0.2, 0.25) is 0 Å².